The number of halogens is 1. The van der Waals surface area contributed by atoms with Gasteiger partial charge in [-0.2, -0.15) is 5.10 Å². The summed E-state index contributed by atoms with van der Waals surface area (Å²) in [6.07, 6.45) is 2.86. The van der Waals surface area contributed by atoms with Gasteiger partial charge >= 0.3 is 0 Å². The van der Waals surface area contributed by atoms with Crippen molar-refractivity contribution in [2.45, 2.75) is 4.90 Å². The zero-order valence-corrected chi connectivity index (χ0v) is 15.4. The normalized spacial score (nSPS) is 11.4. The summed E-state index contributed by atoms with van der Waals surface area (Å²) in [7, 11) is -3.75. The standard InChI is InChI=1S/C18H14ClN3O4S/c19-14-5-9-17(10-6-14)27(24,25)22-15-7-3-13(4-8-15)18(23)21-20-12-16-2-1-11-26-16/h1-12,22H,(H,21,23)/b20-12+. The molecule has 1 amide bonds. The van der Waals surface area contributed by atoms with Gasteiger partial charge in [0.1, 0.15) is 5.76 Å². The number of rotatable bonds is 6. The fraction of sp³-hybridized carbons (Fsp3) is 0. The van der Waals surface area contributed by atoms with Crippen LogP contribution in [0, 0.1) is 0 Å². The molecule has 0 bridgehead atoms. The highest BCUT2D eigenvalue weighted by Gasteiger charge is 2.14. The van der Waals surface area contributed by atoms with E-state index in [0.717, 1.165) is 0 Å². The lowest BCUT2D eigenvalue weighted by Crippen LogP contribution is -2.18. The fourth-order valence-electron chi connectivity index (χ4n) is 2.10. The van der Waals surface area contributed by atoms with Crippen LogP contribution in [-0.4, -0.2) is 20.5 Å². The summed E-state index contributed by atoms with van der Waals surface area (Å²) >= 11 is 5.77. The minimum atomic E-state index is -3.75. The molecule has 138 valence electrons. The van der Waals surface area contributed by atoms with Gasteiger partial charge < -0.3 is 4.42 Å². The van der Waals surface area contributed by atoms with Crippen molar-refractivity contribution in [1.29, 1.82) is 0 Å². The maximum absolute atomic E-state index is 12.3. The van der Waals surface area contributed by atoms with E-state index in [4.69, 9.17) is 16.0 Å². The lowest BCUT2D eigenvalue weighted by Gasteiger charge is -2.08. The number of benzene rings is 2. The van der Waals surface area contributed by atoms with Gasteiger partial charge in [-0.15, -0.1) is 0 Å². The van der Waals surface area contributed by atoms with Crippen molar-refractivity contribution in [3.8, 4) is 0 Å². The van der Waals surface area contributed by atoms with Crippen molar-refractivity contribution in [2.75, 3.05) is 4.72 Å². The monoisotopic (exact) mass is 403 g/mol. The third-order valence-corrected chi connectivity index (χ3v) is 5.07. The van der Waals surface area contributed by atoms with Gasteiger partial charge in [-0.3, -0.25) is 9.52 Å². The van der Waals surface area contributed by atoms with Gasteiger partial charge in [0.2, 0.25) is 0 Å². The van der Waals surface area contributed by atoms with Crippen LogP contribution in [-0.2, 0) is 10.0 Å². The Balaban J connectivity index is 1.64. The summed E-state index contributed by atoms with van der Waals surface area (Å²) in [5.74, 6) is 0.0622. The zero-order valence-electron chi connectivity index (χ0n) is 13.8. The molecular weight excluding hydrogens is 390 g/mol. The molecule has 1 heterocycles. The molecule has 0 unspecified atom stereocenters. The van der Waals surface area contributed by atoms with Gasteiger partial charge in [0.15, 0.2) is 0 Å². The van der Waals surface area contributed by atoms with Crippen LogP contribution < -0.4 is 10.1 Å². The van der Waals surface area contributed by atoms with Crippen LogP contribution in [0.4, 0.5) is 5.69 Å². The number of nitrogens with zero attached hydrogens (tertiary/aromatic N) is 1. The minimum absolute atomic E-state index is 0.0842. The Morgan fingerprint density at radius 2 is 1.74 bits per heavy atom. The Hall–Kier alpha value is -3.10. The molecule has 3 aromatic rings. The third-order valence-electron chi connectivity index (χ3n) is 3.42. The summed E-state index contributed by atoms with van der Waals surface area (Å²) in [5, 5.41) is 4.22. The van der Waals surface area contributed by atoms with Gasteiger partial charge in [0.05, 0.1) is 17.4 Å². The van der Waals surface area contributed by atoms with Crippen molar-refractivity contribution in [1.82, 2.24) is 5.43 Å². The van der Waals surface area contributed by atoms with Crippen LogP contribution in [0.5, 0.6) is 0 Å². The Kier molecular flexibility index (Phi) is 5.58. The van der Waals surface area contributed by atoms with E-state index >= 15 is 0 Å². The van der Waals surface area contributed by atoms with Crippen molar-refractivity contribution in [3.63, 3.8) is 0 Å². The highest BCUT2D eigenvalue weighted by Crippen LogP contribution is 2.18. The van der Waals surface area contributed by atoms with E-state index in [9.17, 15) is 13.2 Å². The largest absolute Gasteiger partial charge is 0.463 e. The molecular formula is C18H14ClN3O4S. The van der Waals surface area contributed by atoms with E-state index in [2.05, 4.69) is 15.2 Å². The Morgan fingerprint density at radius 3 is 2.37 bits per heavy atom. The number of amides is 1. The Bertz CT molecular complexity index is 1050. The molecule has 9 heteroatoms. The summed E-state index contributed by atoms with van der Waals surface area (Å²) in [6.45, 7) is 0. The van der Waals surface area contributed by atoms with Gasteiger partial charge in [0.25, 0.3) is 15.9 Å². The number of hydrogen-bond donors (Lipinski definition) is 2. The molecule has 2 aromatic carbocycles. The van der Waals surface area contributed by atoms with Gasteiger partial charge in [-0.05, 0) is 60.7 Å². The predicted octanol–water partition coefficient (Wildman–Crippen LogP) is 3.50. The molecule has 0 aliphatic rings. The first-order chi connectivity index (χ1) is 12.9. The molecule has 0 atom stereocenters. The topological polar surface area (TPSA) is 101 Å². The number of hydrazone groups is 1. The third kappa shape index (κ3) is 4.96. The van der Waals surface area contributed by atoms with E-state index in [1.165, 1.54) is 61.0 Å². The van der Waals surface area contributed by atoms with Crippen LogP contribution in [0.1, 0.15) is 16.1 Å². The summed E-state index contributed by atoms with van der Waals surface area (Å²) in [4.78, 5) is 12.1. The van der Waals surface area contributed by atoms with E-state index in [1.807, 2.05) is 0 Å². The predicted molar refractivity (Wildman–Crippen MR) is 102 cm³/mol. The molecule has 0 aliphatic heterocycles. The number of furan rings is 1. The molecule has 3 rings (SSSR count). The van der Waals surface area contributed by atoms with Crippen LogP contribution in [0.25, 0.3) is 0 Å². The number of anilines is 1. The second-order valence-corrected chi connectivity index (χ2v) is 7.47. The van der Waals surface area contributed by atoms with Crippen molar-refractivity contribution < 1.29 is 17.6 Å². The molecule has 0 saturated heterocycles. The second kappa shape index (κ2) is 8.07. The summed E-state index contributed by atoms with van der Waals surface area (Å²) in [5.41, 5.74) is 3.00. The summed E-state index contributed by atoms with van der Waals surface area (Å²) < 4.78 is 32.1. The number of sulfonamides is 1. The van der Waals surface area contributed by atoms with Crippen molar-refractivity contribution >= 4 is 39.4 Å². The average Bonchev–Trinajstić information content (AvgIpc) is 3.16. The molecule has 0 radical (unpaired) electrons. The van der Waals surface area contributed by atoms with Crippen LogP contribution >= 0.6 is 11.6 Å². The molecule has 1 aromatic heterocycles. The fourth-order valence-corrected chi connectivity index (χ4v) is 3.29. The lowest BCUT2D eigenvalue weighted by atomic mass is 10.2. The first kappa shape index (κ1) is 18.7. The van der Waals surface area contributed by atoms with Crippen molar-refractivity contribution in [2.24, 2.45) is 5.10 Å². The van der Waals surface area contributed by atoms with E-state index < -0.39 is 15.9 Å². The molecule has 27 heavy (non-hydrogen) atoms. The maximum atomic E-state index is 12.3. The average molecular weight is 404 g/mol. The lowest BCUT2D eigenvalue weighted by molar-refractivity contribution is 0.0955. The molecule has 0 fully saturated rings. The number of nitrogens with one attached hydrogen (secondary N) is 2. The van der Waals surface area contributed by atoms with Crippen LogP contribution in [0.15, 0.2) is 81.3 Å². The van der Waals surface area contributed by atoms with Gasteiger partial charge in [-0.25, -0.2) is 13.8 Å². The zero-order chi connectivity index (χ0) is 19.3. The van der Waals surface area contributed by atoms with Crippen LogP contribution in [0.3, 0.4) is 0 Å². The maximum Gasteiger partial charge on any atom is 0.271 e. The first-order valence-electron chi connectivity index (χ1n) is 7.69. The van der Waals surface area contributed by atoms with E-state index in [-0.39, 0.29) is 4.90 Å². The molecule has 2 N–H and O–H groups in total. The summed E-state index contributed by atoms with van der Waals surface area (Å²) in [6, 6.07) is 15.1. The molecule has 0 spiro atoms. The van der Waals surface area contributed by atoms with Crippen LogP contribution in [0.2, 0.25) is 5.02 Å². The number of carbonyl (C=O) groups excluding carboxylic acids is 1. The quantitative estimate of drug-likeness (QED) is 0.485. The first-order valence-corrected chi connectivity index (χ1v) is 9.55. The SMILES string of the molecule is O=C(N/N=C/c1ccco1)c1ccc(NS(=O)(=O)c2ccc(Cl)cc2)cc1. The highest BCUT2D eigenvalue weighted by atomic mass is 35.5. The van der Waals surface area contributed by atoms with E-state index in [0.29, 0.717) is 22.0 Å². The van der Waals surface area contributed by atoms with Gasteiger partial charge in [-0.1, -0.05) is 11.6 Å². The van der Waals surface area contributed by atoms with Gasteiger partial charge in [0, 0.05) is 16.3 Å². The van der Waals surface area contributed by atoms with Crippen molar-refractivity contribution in [3.05, 3.63) is 83.3 Å². The smallest absolute Gasteiger partial charge is 0.271 e. The minimum Gasteiger partial charge on any atom is -0.463 e. The Morgan fingerprint density at radius 1 is 1.04 bits per heavy atom. The molecule has 7 nitrogen and oxygen atoms in total. The molecule has 0 saturated carbocycles. The van der Waals surface area contributed by atoms with E-state index in [1.54, 1.807) is 12.1 Å². The Labute approximate surface area is 160 Å². The number of carbonyl (C=O) groups is 1. The number of hydrogen-bond acceptors (Lipinski definition) is 5. The second-order valence-electron chi connectivity index (χ2n) is 5.35. The highest BCUT2D eigenvalue weighted by molar-refractivity contribution is 7.92. The molecule has 0 aliphatic carbocycles.